The average Bonchev–Trinajstić information content (AvgIpc) is 3.42. The molecule has 0 radical (unpaired) electrons. The molecular weight excluding hydrogens is 577 g/mol. The molecule has 11 unspecified atom stereocenters. The molecule has 250 valence electrons. The fraction of sp³-hybridized carbons (Fsp3) is 0.882. The average molecular weight is 630 g/mol. The van der Waals surface area contributed by atoms with Crippen LogP contribution in [0.3, 0.4) is 0 Å². The van der Waals surface area contributed by atoms with Gasteiger partial charge in [0.1, 0.15) is 6.17 Å². The van der Waals surface area contributed by atoms with Gasteiger partial charge in [-0.2, -0.15) is 0 Å². The molecule has 0 spiro atoms. The number of carbonyl (C=O) groups is 2. The number of rotatable bonds is 6. The van der Waals surface area contributed by atoms with Crippen molar-refractivity contribution in [3.63, 3.8) is 0 Å². The Balaban J connectivity index is 1.04. The van der Waals surface area contributed by atoms with Crippen LogP contribution in [0.25, 0.3) is 0 Å². The lowest BCUT2D eigenvalue weighted by Crippen LogP contribution is -2.74. The van der Waals surface area contributed by atoms with E-state index in [1.54, 1.807) is 0 Å². The van der Waals surface area contributed by atoms with Gasteiger partial charge in [0.25, 0.3) is 5.91 Å². The largest absolute Gasteiger partial charge is 0.379 e. The maximum absolute atomic E-state index is 16.3. The Bertz CT molecular complexity index is 1140. The number of hydrogen-bond acceptors (Lipinski definition) is 9. The summed E-state index contributed by atoms with van der Waals surface area (Å²) in [6, 6.07) is -0.665. The van der Waals surface area contributed by atoms with Crippen molar-refractivity contribution in [2.24, 2.45) is 17.8 Å². The van der Waals surface area contributed by atoms with E-state index in [9.17, 15) is 9.59 Å². The summed E-state index contributed by atoms with van der Waals surface area (Å²) in [5.41, 5.74) is 0.190. The zero-order chi connectivity index (χ0) is 30.7. The molecule has 8 rings (SSSR count). The van der Waals surface area contributed by atoms with Gasteiger partial charge in [-0.1, -0.05) is 12.8 Å². The van der Waals surface area contributed by atoms with E-state index < -0.39 is 24.2 Å². The van der Waals surface area contributed by atoms with Gasteiger partial charge in [0.05, 0.1) is 61.3 Å². The maximum Gasteiger partial charge on any atom is 0.256 e. The monoisotopic (exact) mass is 629 g/mol. The number of fused-ring (bicyclic) bond motifs is 5. The number of hydrogen-bond donors (Lipinski definition) is 1. The highest BCUT2D eigenvalue weighted by Crippen LogP contribution is 2.53. The highest BCUT2D eigenvalue weighted by molar-refractivity contribution is 6.20. The number of morpholine rings is 2. The van der Waals surface area contributed by atoms with Crippen molar-refractivity contribution in [3.8, 4) is 0 Å². The summed E-state index contributed by atoms with van der Waals surface area (Å²) in [5, 5.41) is 3.05. The van der Waals surface area contributed by atoms with Crippen molar-refractivity contribution < 1.29 is 28.2 Å². The molecule has 3 aliphatic carbocycles. The maximum atomic E-state index is 16.3. The number of nitrogens with one attached hydrogen (secondary N) is 1. The fourth-order valence-electron chi connectivity index (χ4n) is 10.3. The quantitative estimate of drug-likeness (QED) is 0.347. The second kappa shape index (κ2) is 12.8. The minimum Gasteiger partial charge on any atom is -0.379 e. The van der Waals surface area contributed by atoms with Gasteiger partial charge in [-0.3, -0.25) is 14.5 Å². The lowest BCUT2D eigenvalue weighted by Gasteiger charge is -2.61. The van der Waals surface area contributed by atoms with E-state index in [0.29, 0.717) is 50.8 Å². The van der Waals surface area contributed by atoms with E-state index in [4.69, 9.17) is 14.2 Å². The number of amides is 1. The number of Topliss-reactive ketones (excluding diaryl/α,β-unsaturated/α-hetero) is 1. The number of likely N-dealkylation sites (N-methyl/N-ethyl adjacent to an activating group) is 1. The SMILES string of the molecule is CN1CCN(CCCNC(=O)C2=CN3C4CC5OC6CCCCC6C5CC4OC4C(N5CCOCC5)C(F)CC(C2=O)C43)CC1. The third kappa shape index (κ3) is 5.67. The predicted octanol–water partition coefficient (Wildman–Crippen LogP) is 1.44. The Hall–Kier alpha value is -1.63. The molecule has 0 aromatic heterocycles. The van der Waals surface area contributed by atoms with Crippen LogP contribution in [0, 0.1) is 17.8 Å². The third-order valence-corrected chi connectivity index (χ3v) is 12.7. The molecule has 3 saturated carbocycles. The van der Waals surface area contributed by atoms with E-state index in [0.717, 1.165) is 58.4 Å². The first kappa shape index (κ1) is 30.7. The van der Waals surface area contributed by atoms with E-state index in [1.807, 2.05) is 6.20 Å². The molecule has 4 saturated heterocycles. The van der Waals surface area contributed by atoms with Gasteiger partial charge in [0.2, 0.25) is 0 Å². The van der Waals surface area contributed by atoms with Crippen molar-refractivity contribution in [1.82, 2.24) is 24.9 Å². The molecule has 1 amide bonds. The molecule has 7 fully saturated rings. The Morgan fingerprint density at radius 3 is 2.56 bits per heavy atom. The normalized spacial score (nSPS) is 44.0. The summed E-state index contributed by atoms with van der Waals surface area (Å²) in [7, 11) is 2.15. The Morgan fingerprint density at radius 1 is 0.933 bits per heavy atom. The number of carbonyl (C=O) groups excluding carboxylic acids is 2. The lowest BCUT2D eigenvalue weighted by atomic mass is 9.66. The number of nitrogens with zero attached hydrogens (tertiary/aromatic N) is 4. The molecule has 0 aromatic rings. The molecule has 11 atom stereocenters. The van der Waals surface area contributed by atoms with Crippen molar-refractivity contribution in [1.29, 1.82) is 0 Å². The van der Waals surface area contributed by atoms with Crippen LogP contribution in [0.2, 0.25) is 0 Å². The van der Waals surface area contributed by atoms with Gasteiger partial charge >= 0.3 is 0 Å². The van der Waals surface area contributed by atoms with Crippen LogP contribution in [-0.2, 0) is 23.8 Å². The number of ether oxygens (including phenoxy) is 3. The van der Waals surface area contributed by atoms with E-state index in [1.165, 1.54) is 19.3 Å². The summed E-state index contributed by atoms with van der Waals surface area (Å²) in [5.74, 6) is -0.0865. The van der Waals surface area contributed by atoms with E-state index in [2.05, 4.69) is 32.0 Å². The molecular formula is C34H52FN5O5. The standard InChI is InChI=1S/C34H52FN5O5/c1-37-9-11-38(12-10-37)8-4-7-36-34(42)24-20-40-26-19-28-22(21-5-2-3-6-27(21)44-28)18-29(26)45-33-30(40)23(32(24)41)17-25(35)31(33)39-13-15-43-16-14-39/h20-23,25-31,33H,2-19H2,1H3,(H,36,42). The fourth-order valence-corrected chi connectivity index (χ4v) is 10.3. The van der Waals surface area contributed by atoms with Gasteiger partial charge in [-0.25, -0.2) is 4.39 Å². The van der Waals surface area contributed by atoms with Crippen LogP contribution < -0.4 is 5.32 Å². The Morgan fingerprint density at radius 2 is 1.73 bits per heavy atom. The summed E-state index contributed by atoms with van der Waals surface area (Å²) >= 11 is 0. The zero-order valence-corrected chi connectivity index (χ0v) is 26.9. The van der Waals surface area contributed by atoms with Gasteiger partial charge in [-0.15, -0.1) is 0 Å². The first-order chi connectivity index (χ1) is 22.0. The molecule has 8 aliphatic rings. The van der Waals surface area contributed by atoms with Crippen molar-refractivity contribution in [2.45, 2.75) is 100 Å². The molecule has 45 heavy (non-hydrogen) atoms. The van der Waals surface area contributed by atoms with Gasteiger partial charge in [0, 0.05) is 57.9 Å². The molecule has 1 N–H and O–H groups in total. The minimum absolute atomic E-state index is 0.0183. The number of alkyl halides is 1. The lowest BCUT2D eigenvalue weighted by molar-refractivity contribution is -0.225. The predicted molar refractivity (Wildman–Crippen MR) is 165 cm³/mol. The highest BCUT2D eigenvalue weighted by Gasteiger charge is 2.62. The number of piperazine rings is 1. The van der Waals surface area contributed by atoms with Crippen molar-refractivity contribution >= 4 is 11.7 Å². The summed E-state index contributed by atoms with van der Waals surface area (Å²) in [4.78, 5) is 36.9. The van der Waals surface area contributed by atoms with Crippen molar-refractivity contribution in [2.75, 3.05) is 72.6 Å². The summed E-state index contributed by atoms with van der Waals surface area (Å²) in [6.07, 6.45) is 8.25. The van der Waals surface area contributed by atoms with Crippen molar-refractivity contribution in [3.05, 3.63) is 11.8 Å². The molecule has 5 aliphatic heterocycles. The van der Waals surface area contributed by atoms with Crippen LogP contribution in [0.15, 0.2) is 11.8 Å². The van der Waals surface area contributed by atoms with Crippen LogP contribution in [-0.4, -0.2) is 153 Å². The Kier molecular flexibility index (Phi) is 8.71. The first-order valence-electron chi connectivity index (χ1n) is 18.0. The second-order valence-corrected chi connectivity index (χ2v) is 15.1. The van der Waals surface area contributed by atoms with Gasteiger partial charge < -0.3 is 34.2 Å². The van der Waals surface area contributed by atoms with Crippen LogP contribution in [0.1, 0.15) is 51.4 Å². The molecule has 5 heterocycles. The molecule has 0 bridgehead atoms. The highest BCUT2D eigenvalue weighted by atomic mass is 19.1. The molecule has 11 heteroatoms. The smallest absolute Gasteiger partial charge is 0.256 e. The van der Waals surface area contributed by atoms with Gasteiger partial charge in [-0.05, 0) is 64.0 Å². The van der Waals surface area contributed by atoms with Gasteiger partial charge in [0.15, 0.2) is 5.78 Å². The second-order valence-electron chi connectivity index (χ2n) is 15.1. The van der Waals surface area contributed by atoms with E-state index >= 15 is 4.39 Å². The third-order valence-electron chi connectivity index (χ3n) is 12.7. The van der Waals surface area contributed by atoms with Crippen LogP contribution in [0.4, 0.5) is 4.39 Å². The van der Waals surface area contributed by atoms with Crippen LogP contribution in [0.5, 0.6) is 0 Å². The zero-order valence-electron chi connectivity index (χ0n) is 26.9. The molecule has 10 nitrogen and oxygen atoms in total. The Labute approximate surface area is 266 Å². The minimum atomic E-state index is -1.20. The topological polar surface area (TPSA) is 86.8 Å². The number of halogens is 1. The summed E-state index contributed by atoms with van der Waals surface area (Å²) in [6.45, 7) is 8.18. The number of ketones is 1. The van der Waals surface area contributed by atoms with Crippen LogP contribution >= 0.6 is 0 Å². The summed E-state index contributed by atoms with van der Waals surface area (Å²) < 4.78 is 35.7. The molecule has 0 aromatic carbocycles. The van der Waals surface area contributed by atoms with E-state index in [-0.39, 0.29) is 48.0 Å². The first-order valence-corrected chi connectivity index (χ1v) is 18.0.